The highest BCUT2D eigenvalue weighted by atomic mass is 32.1. The van der Waals surface area contributed by atoms with E-state index in [1.165, 1.54) is 0 Å². The fraction of sp³-hybridized carbons (Fsp3) is 0.412. The molecule has 0 saturated carbocycles. The summed E-state index contributed by atoms with van der Waals surface area (Å²) in [7, 11) is 0. The fourth-order valence-electron chi connectivity index (χ4n) is 3.38. The predicted molar refractivity (Wildman–Crippen MR) is 89.8 cm³/mol. The molecule has 4 rings (SSSR count). The number of aromatic nitrogens is 1. The van der Waals surface area contributed by atoms with Gasteiger partial charge >= 0.3 is 0 Å². The van der Waals surface area contributed by atoms with E-state index in [0.717, 1.165) is 42.6 Å². The molecule has 3 atom stereocenters. The van der Waals surface area contributed by atoms with Gasteiger partial charge in [-0.2, -0.15) is 0 Å². The minimum atomic E-state index is -0.0174. The summed E-state index contributed by atoms with van der Waals surface area (Å²) in [5.74, 6) is 0.894. The van der Waals surface area contributed by atoms with Crippen molar-refractivity contribution in [3.05, 3.63) is 54.2 Å². The molecule has 2 aliphatic rings. The van der Waals surface area contributed by atoms with Crippen LogP contribution >= 0.6 is 12.2 Å². The molecule has 2 fully saturated rings. The van der Waals surface area contributed by atoms with Crippen LogP contribution < -0.4 is 5.32 Å². The molecule has 2 aromatic rings. The largest absolute Gasteiger partial charge is 0.467 e. The van der Waals surface area contributed by atoms with Gasteiger partial charge in [0.15, 0.2) is 5.11 Å². The van der Waals surface area contributed by atoms with Crippen LogP contribution in [0, 0.1) is 0 Å². The van der Waals surface area contributed by atoms with Crippen LogP contribution in [-0.2, 0) is 4.74 Å². The molecule has 120 valence electrons. The van der Waals surface area contributed by atoms with Crippen molar-refractivity contribution in [1.29, 1.82) is 0 Å². The molecule has 0 radical (unpaired) electrons. The normalized spacial score (nSPS) is 27.4. The Kier molecular flexibility index (Phi) is 4.01. The Hall–Kier alpha value is -1.92. The van der Waals surface area contributed by atoms with Gasteiger partial charge in [0.1, 0.15) is 11.8 Å². The average Bonchev–Trinajstić information content (AvgIpc) is 3.31. The number of ether oxygens (including phenoxy) is 1. The number of nitrogens with zero attached hydrogens (tertiary/aromatic N) is 2. The van der Waals surface area contributed by atoms with Crippen LogP contribution in [-0.4, -0.2) is 34.3 Å². The van der Waals surface area contributed by atoms with E-state index in [1.807, 2.05) is 36.5 Å². The monoisotopic (exact) mass is 329 g/mol. The maximum atomic E-state index is 5.79. The smallest absolute Gasteiger partial charge is 0.170 e. The van der Waals surface area contributed by atoms with Crippen molar-refractivity contribution >= 4 is 17.3 Å². The minimum absolute atomic E-state index is 0.00315. The molecule has 0 aromatic carbocycles. The first-order valence-electron chi connectivity index (χ1n) is 7.96. The highest BCUT2D eigenvalue weighted by molar-refractivity contribution is 7.80. The van der Waals surface area contributed by atoms with E-state index in [-0.39, 0.29) is 18.2 Å². The van der Waals surface area contributed by atoms with E-state index in [1.54, 1.807) is 6.26 Å². The maximum absolute atomic E-state index is 5.79. The zero-order valence-electron chi connectivity index (χ0n) is 12.7. The van der Waals surface area contributed by atoms with Crippen LogP contribution in [0.15, 0.2) is 47.2 Å². The lowest BCUT2D eigenvalue weighted by atomic mass is 10.0. The van der Waals surface area contributed by atoms with Crippen molar-refractivity contribution in [3.63, 3.8) is 0 Å². The molecule has 5 nitrogen and oxygen atoms in total. The lowest BCUT2D eigenvalue weighted by Crippen LogP contribution is -2.36. The first-order valence-corrected chi connectivity index (χ1v) is 8.37. The molecule has 1 N–H and O–H groups in total. The zero-order valence-corrected chi connectivity index (χ0v) is 13.5. The van der Waals surface area contributed by atoms with E-state index < -0.39 is 0 Å². The van der Waals surface area contributed by atoms with Gasteiger partial charge in [-0.1, -0.05) is 6.07 Å². The number of hydrogen-bond acceptors (Lipinski definition) is 4. The highest BCUT2D eigenvalue weighted by Crippen LogP contribution is 2.39. The summed E-state index contributed by atoms with van der Waals surface area (Å²) in [6, 6.07) is 9.83. The zero-order chi connectivity index (χ0) is 15.6. The van der Waals surface area contributed by atoms with E-state index in [2.05, 4.69) is 15.2 Å². The third-order valence-electron chi connectivity index (χ3n) is 4.46. The average molecular weight is 329 g/mol. The summed E-state index contributed by atoms with van der Waals surface area (Å²) in [5, 5.41) is 4.15. The summed E-state index contributed by atoms with van der Waals surface area (Å²) in [4.78, 5) is 6.68. The second kappa shape index (κ2) is 6.29. The van der Waals surface area contributed by atoms with Gasteiger partial charge in [-0.3, -0.25) is 4.98 Å². The second-order valence-corrected chi connectivity index (χ2v) is 6.32. The summed E-state index contributed by atoms with van der Waals surface area (Å²) >= 11 is 5.59. The molecule has 2 aromatic heterocycles. The molecule has 4 heterocycles. The summed E-state index contributed by atoms with van der Waals surface area (Å²) in [6.45, 7) is 1.62. The van der Waals surface area contributed by atoms with Crippen molar-refractivity contribution in [3.8, 4) is 0 Å². The van der Waals surface area contributed by atoms with Crippen LogP contribution in [0.2, 0.25) is 0 Å². The maximum Gasteiger partial charge on any atom is 0.170 e. The molecule has 23 heavy (non-hydrogen) atoms. The molecular formula is C17H19N3O2S. The van der Waals surface area contributed by atoms with Gasteiger partial charge in [-0.15, -0.1) is 0 Å². The van der Waals surface area contributed by atoms with Crippen molar-refractivity contribution < 1.29 is 9.15 Å². The molecule has 6 heteroatoms. The van der Waals surface area contributed by atoms with Crippen LogP contribution in [0.3, 0.4) is 0 Å². The molecule has 0 amide bonds. The quantitative estimate of drug-likeness (QED) is 0.871. The topological polar surface area (TPSA) is 50.5 Å². The fourth-order valence-corrected chi connectivity index (χ4v) is 3.69. The van der Waals surface area contributed by atoms with Crippen molar-refractivity contribution in [2.45, 2.75) is 31.0 Å². The minimum Gasteiger partial charge on any atom is -0.467 e. The van der Waals surface area contributed by atoms with Gasteiger partial charge < -0.3 is 19.4 Å². The Balaban J connectivity index is 1.66. The first kappa shape index (κ1) is 14.7. The summed E-state index contributed by atoms with van der Waals surface area (Å²) in [6.07, 6.45) is 5.94. The third kappa shape index (κ3) is 2.84. The Bertz CT molecular complexity index is 656. The predicted octanol–water partition coefficient (Wildman–Crippen LogP) is 2.83. The van der Waals surface area contributed by atoms with E-state index in [0.29, 0.717) is 0 Å². The van der Waals surface area contributed by atoms with E-state index in [4.69, 9.17) is 21.4 Å². The SMILES string of the molecule is S=C1N[C@@H](c2ccccn2)[C@@H](c2ccco2)N1C[C@@H]1CCCO1. The third-order valence-corrected chi connectivity index (χ3v) is 4.81. The van der Waals surface area contributed by atoms with Crippen LogP contribution in [0.5, 0.6) is 0 Å². The number of nitrogens with one attached hydrogen (secondary N) is 1. The highest BCUT2D eigenvalue weighted by Gasteiger charge is 2.42. The molecule has 2 aliphatic heterocycles. The van der Waals surface area contributed by atoms with Crippen LogP contribution in [0.25, 0.3) is 0 Å². The van der Waals surface area contributed by atoms with Gasteiger partial charge in [-0.05, 0) is 49.3 Å². The van der Waals surface area contributed by atoms with Crippen LogP contribution in [0.4, 0.5) is 0 Å². The number of pyridine rings is 1. The van der Waals surface area contributed by atoms with E-state index in [9.17, 15) is 0 Å². The molecule has 2 saturated heterocycles. The summed E-state index contributed by atoms with van der Waals surface area (Å²) in [5.41, 5.74) is 0.964. The Morgan fingerprint density at radius 2 is 2.26 bits per heavy atom. The molecule has 0 spiro atoms. The number of thiocarbonyl (C=S) groups is 1. The Labute approximate surface area is 140 Å². The molecular weight excluding hydrogens is 310 g/mol. The van der Waals surface area contributed by atoms with Crippen molar-refractivity contribution in [1.82, 2.24) is 15.2 Å². The van der Waals surface area contributed by atoms with Crippen LogP contribution in [0.1, 0.15) is 36.4 Å². The number of hydrogen-bond donors (Lipinski definition) is 1. The number of rotatable bonds is 4. The summed E-state index contributed by atoms with van der Waals surface area (Å²) < 4.78 is 11.5. The van der Waals surface area contributed by atoms with Gasteiger partial charge in [0.25, 0.3) is 0 Å². The molecule has 0 unspecified atom stereocenters. The van der Waals surface area contributed by atoms with Gasteiger partial charge in [0, 0.05) is 19.3 Å². The Morgan fingerprint density at radius 3 is 2.96 bits per heavy atom. The first-order chi connectivity index (χ1) is 11.3. The Morgan fingerprint density at radius 1 is 1.30 bits per heavy atom. The molecule has 0 bridgehead atoms. The van der Waals surface area contributed by atoms with Crippen molar-refractivity contribution in [2.24, 2.45) is 0 Å². The second-order valence-electron chi connectivity index (χ2n) is 5.93. The van der Waals surface area contributed by atoms with Gasteiger partial charge in [0.05, 0.1) is 24.1 Å². The van der Waals surface area contributed by atoms with E-state index >= 15 is 0 Å². The molecule has 0 aliphatic carbocycles. The lowest BCUT2D eigenvalue weighted by molar-refractivity contribution is 0.0817. The van der Waals surface area contributed by atoms with Crippen molar-refractivity contribution in [2.75, 3.05) is 13.2 Å². The standard InChI is InChI=1S/C17H19N3O2S/c23-17-19-15(13-6-1-2-8-18-13)16(14-7-4-10-22-14)20(17)11-12-5-3-9-21-12/h1-2,4,6-8,10,12,15-16H,3,5,9,11H2,(H,19,23)/t12-,15-,16+/m0/s1. The van der Waals surface area contributed by atoms with Gasteiger partial charge in [0.2, 0.25) is 0 Å². The lowest BCUT2D eigenvalue weighted by Gasteiger charge is -2.28. The number of furan rings is 1. The van der Waals surface area contributed by atoms with Gasteiger partial charge in [-0.25, -0.2) is 0 Å².